The first kappa shape index (κ1) is 20.8. The van der Waals surface area contributed by atoms with E-state index >= 15 is 0 Å². The van der Waals surface area contributed by atoms with Gasteiger partial charge in [0.05, 0.1) is 0 Å². The number of piperidine rings is 1. The molecule has 0 radical (unpaired) electrons. The topological polar surface area (TPSA) is 40.6 Å². The van der Waals surface area contributed by atoms with Crippen molar-refractivity contribution in [2.75, 3.05) is 26.7 Å². The lowest BCUT2D eigenvalue weighted by Gasteiger charge is -2.57. The van der Waals surface area contributed by atoms with Crippen molar-refractivity contribution in [3.63, 3.8) is 0 Å². The van der Waals surface area contributed by atoms with Crippen LogP contribution in [-0.4, -0.2) is 48.3 Å². The number of benzene rings is 1. The zero-order valence-corrected chi connectivity index (χ0v) is 18.8. The number of carbonyl (C=O) groups excluding carboxylic acids is 2. The van der Waals surface area contributed by atoms with Crippen LogP contribution in [0.4, 0.5) is 0 Å². The lowest BCUT2D eigenvalue weighted by Crippen LogP contribution is -2.52. The second-order valence-electron chi connectivity index (χ2n) is 11.0. The Hall–Kier alpha value is -2.10. The van der Waals surface area contributed by atoms with Gasteiger partial charge in [-0.05, 0) is 86.2 Å². The molecule has 0 N–H and O–H groups in total. The van der Waals surface area contributed by atoms with Crippen molar-refractivity contribution in [1.29, 1.82) is 0 Å². The van der Waals surface area contributed by atoms with Crippen LogP contribution in [0.15, 0.2) is 36.4 Å². The molecule has 2 amide bonds. The number of likely N-dealkylation sites (tertiary alicyclic amines) is 1. The average molecular weight is 421 g/mol. The molecule has 31 heavy (non-hydrogen) atoms. The van der Waals surface area contributed by atoms with Gasteiger partial charge >= 0.3 is 0 Å². The van der Waals surface area contributed by atoms with Gasteiger partial charge in [0.25, 0.3) is 0 Å². The molecule has 1 heterocycles. The van der Waals surface area contributed by atoms with E-state index in [1.54, 1.807) is 6.08 Å². The van der Waals surface area contributed by atoms with Gasteiger partial charge in [0, 0.05) is 38.7 Å². The van der Waals surface area contributed by atoms with Gasteiger partial charge < -0.3 is 9.80 Å². The third kappa shape index (κ3) is 4.44. The molecule has 166 valence electrons. The quantitative estimate of drug-likeness (QED) is 0.653. The van der Waals surface area contributed by atoms with E-state index in [9.17, 15) is 9.59 Å². The van der Waals surface area contributed by atoms with Crippen molar-refractivity contribution in [2.24, 2.45) is 29.1 Å². The highest BCUT2D eigenvalue weighted by Crippen LogP contribution is 2.60. The fourth-order valence-corrected chi connectivity index (χ4v) is 7.56. The molecule has 0 spiro atoms. The molecule has 1 saturated heterocycles. The van der Waals surface area contributed by atoms with Gasteiger partial charge in [0.2, 0.25) is 11.8 Å². The Kier molecular flexibility index (Phi) is 5.66. The standard InChI is InChI=1S/C27H36N2O2/c1-28(19-27-16-21-13-22(17-27)15-23(14-21)18-27)26(31)24-9-11-29(12-10-24)25(30)8-7-20-5-3-2-4-6-20/h2-8,21-24H,9-19H2,1H3. The summed E-state index contributed by atoms with van der Waals surface area (Å²) >= 11 is 0. The Morgan fingerprint density at radius 3 is 2.16 bits per heavy atom. The predicted molar refractivity (Wildman–Crippen MR) is 123 cm³/mol. The first-order valence-corrected chi connectivity index (χ1v) is 12.3. The fourth-order valence-electron chi connectivity index (χ4n) is 7.56. The Morgan fingerprint density at radius 1 is 1.00 bits per heavy atom. The van der Waals surface area contributed by atoms with Crippen molar-refractivity contribution in [2.45, 2.75) is 51.4 Å². The van der Waals surface area contributed by atoms with Crippen molar-refractivity contribution in [1.82, 2.24) is 9.80 Å². The fraction of sp³-hybridized carbons (Fsp3) is 0.630. The molecule has 0 aromatic heterocycles. The highest BCUT2D eigenvalue weighted by atomic mass is 16.2. The van der Waals surface area contributed by atoms with Gasteiger partial charge in [0.15, 0.2) is 0 Å². The molecule has 0 unspecified atom stereocenters. The van der Waals surface area contributed by atoms with Crippen molar-refractivity contribution in [3.05, 3.63) is 42.0 Å². The molecule has 5 aliphatic rings. The molecule has 6 rings (SSSR count). The molecule has 4 aliphatic carbocycles. The van der Waals surface area contributed by atoms with Crippen molar-refractivity contribution >= 4 is 17.9 Å². The average Bonchev–Trinajstić information content (AvgIpc) is 2.76. The molecule has 4 saturated carbocycles. The zero-order chi connectivity index (χ0) is 21.4. The van der Waals surface area contributed by atoms with Crippen LogP contribution in [-0.2, 0) is 9.59 Å². The Bertz CT molecular complexity index is 803. The molecular weight excluding hydrogens is 384 g/mol. The van der Waals surface area contributed by atoms with E-state index in [1.165, 1.54) is 38.5 Å². The van der Waals surface area contributed by atoms with E-state index in [4.69, 9.17) is 0 Å². The molecule has 0 atom stereocenters. The largest absolute Gasteiger partial charge is 0.345 e. The predicted octanol–water partition coefficient (Wildman–Crippen LogP) is 4.61. The van der Waals surface area contributed by atoms with E-state index < -0.39 is 0 Å². The van der Waals surface area contributed by atoms with Gasteiger partial charge in [-0.2, -0.15) is 0 Å². The number of amides is 2. The number of hydrogen-bond acceptors (Lipinski definition) is 2. The summed E-state index contributed by atoms with van der Waals surface area (Å²) in [7, 11) is 2.03. The second-order valence-corrected chi connectivity index (χ2v) is 11.0. The Morgan fingerprint density at radius 2 is 1.58 bits per heavy atom. The van der Waals surface area contributed by atoms with Crippen LogP contribution in [0.2, 0.25) is 0 Å². The van der Waals surface area contributed by atoms with Crippen LogP contribution in [0, 0.1) is 29.1 Å². The van der Waals surface area contributed by atoms with E-state index in [0.29, 0.717) is 24.4 Å². The smallest absolute Gasteiger partial charge is 0.246 e. The van der Waals surface area contributed by atoms with Gasteiger partial charge in [-0.15, -0.1) is 0 Å². The van der Waals surface area contributed by atoms with Gasteiger partial charge in [-0.1, -0.05) is 30.3 Å². The molecule has 1 aliphatic heterocycles. The molecule has 4 heteroatoms. The summed E-state index contributed by atoms with van der Waals surface area (Å²) in [6.45, 7) is 2.31. The Balaban J connectivity index is 1.12. The summed E-state index contributed by atoms with van der Waals surface area (Å²) in [6, 6.07) is 9.91. The number of nitrogens with zero attached hydrogens (tertiary/aromatic N) is 2. The van der Waals surface area contributed by atoms with Crippen LogP contribution in [0.5, 0.6) is 0 Å². The highest BCUT2D eigenvalue weighted by molar-refractivity contribution is 5.92. The molecule has 4 nitrogen and oxygen atoms in total. The molecule has 1 aromatic carbocycles. The summed E-state index contributed by atoms with van der Waals surface area (Å²) in [5, 5.41) is 0. The second kappa shape index (κ2) is 8.44. The summed E-state index contributed by atoms with van der Waals surface area (Å²) in [6.07, 6.45) is 13.5. The normalized spacial score (nSPS) is 32.5. The van der Waals surface area contributed by atoms with E-state index in [2.05, 4.69) is 4.90 Å². The maximum atomic E-state index is 13.2. The maximum absolute atomic E-state index is 13.2. The first-order chi connectivity index (χ1) is 15.0. The number of carbonyl (C=O) groups is 2. The molecule has 5 fully saturated rings. The lowest BCUT2D eigenvalue weighted by molar-refractivity contribution is -0.142. The van der Waals surface area contributed by atoms with Crippen LogP contribution < -0.4 is 0 Å². The van der Waals surface area contributed by atoms with Crippen LogP contribution >= 0.6 is 0 Å². The van der Waals surface area contributed by atoms with Gasteiger partial charge in [0.1, 0.15) is 0 Å². The van der Waals surface area contributed by atoms with Crippen LogP contribution in [0.3, 0.4) is 0 Å². The maximum Gasteiger partial charge on any atom is 0.246 e. The number of rotatable bonds is 5. The SMILES string of the molecule is CN(CC12CC3CC(CC(C3)C1)C2)C(=O)C1CCN(C(=O)C=Cc2ccccc2)CC1. The van der Waals surface area contributed by atoms with Gasteiger partial charge in [-0.25, -0.2) is 0 Å². The van der Waals surface area contributed by atoms with E-state index in [1.807, 2.05) is 48.4 Å². The van der Waals surface area contributed by atoms with Crippen molar-refractivity contribution < 1.29 is 9.59 Å². The summed E-state index contributed by atoms with van der Waals surface area (Å²) < 4.78 is 0. The third-order valence-corrected chi connectivity index (χ3v) is 8.49. The first-order valence-electron chi connectivity index (χ1n) is 12.3. The Labute approximate surface area is 186 Å². The number of hydrogen-bond donors (Lipinski definition) is 0. The van der Waals surface area contributed by atoms with E-state index in [0.717, 1.165) is 42.7 Å². The summed E-state index contributed by atoms with van der Waals surface area (Å²) in [5.74, 6) is 3.20. The molecule has 1 aromatic rings. The lowest BCUT2D eigenvalue weighted by atomic mass is 9.49. The summed E-state index contributed by atoms with van der Waals surface area (Å²) in [5.41, 5.74) is 1.44. The van der Waals surface area contributed by atoms with Crippen molar-refractivity contribution in [3.8, 4) is 0 Å². The zero-order valence-electron chi connectivity index (χ0n) is 18.8. The van der Waals surface area contributed by atoms with E-state index in [-0.39, 0.29) is 11.8 Å². The van der Waals surface area contributed by atoms with Gasteiger partial charge in [-0.3, -0.25) is 9.59 Å². The third-order valence-electron chi connectivity index (χ3n) is 8.49. The highest BCUT2D eigenvalue weighted by Gasteiger charge is 2.51. The minimum atomic E-state index is 0.0525. The molecular formula is C27H36N2O2. The monoisotopic (exact) mass is 420 g/mol. The van der Waals surface area contributed by atoms with Crippen LogP contribution in [0.1, 0.15) is 56.9 Å². The minimum Gasteiger partial charge on any atom is -0.345 e. The molecule has 4 bridgehead atoms. The van der Waals surface area contributed by atoms with Crippen LogP contribution in [0.25, 0.3) is 6.08 Å². The minimum absolute atomic E-state index is 0.0525. The summed E-state index contributed by atoms with van der Waals surface area (Å²) in [4.78, 5) is 29.7.